The van der Waals surface area contributed by atoms with Gasteiger partial charge in [0.15, 0.2) is 0 Å². The second-order valence-electron chi connectivity index (χ2n) is 5.15. The molecule has 1 amide bonds. The van der Waals surface area contributed by atoms with Crippen molar-refractivity contribution >= 4 is 24.0 Å². The van der Waals surface area contributed by atoms with Crippen LogP contribution >= 0.6 is 11.6 Å². The van der Waals surface area contributed by atoms with Gasteiger partial charge in [-0.15, -0.1) is 0 Å². The Morgan fingerprint density at radius 2 is 1.89 bits per heavy atom. The van der Waals surface area contributed by atoms with E-state index in [1.807, 2.05) is 12.1 Å². The lowest BCUT2D eigenvalue weighted by molar-refractivity contribution is -0.109. The molecule has 0 spiro atoms. The molecule has 0 heterocycles. The van der Waals surface area contributed by atoms with Crippen LogP contribution < -0.4 is 0 Å². The molecule has 0 saturated carbocycles. The van der Waals surface area contributed by atoms with Crippen LogP contribution in [0.5, 0.6) is 0 Å². The maximum atomic E-state index is 11.9. The Balaban J connectivity index is 2.74. The largest absolute Gasteiger partial charge is 0.444 e. The number of carbonyl (C=O) groups excluding carboxylic acids is 2. The first-order valence-corrected chi connectivity index (χ1v) is 6.35. The molecule has 19 heavy (non-hydrogen) atoms. The summed E-state index contributed by atoms with van der Waals surface area (Å²) in [7, 11) is 0. The summed E-state index contributed by atoms with van der Waals surface area (Å²) < 4.78 is 5.25. The van der Waals surface area contributed by atoms with Gasteiger partial charge < -0.3 is 9.53 Å². The van der Waals surface area contributed by atoms with Gasteiger partial charge in [-0.25, -0.2) is 4.79 Å². The molecular weight excluding hydrogens is 266 g/mol. The molecule has 0 aliphatic heterocycles. The van der Waals surface area contributed by atoms with Gasteiger partial charge in [0, 0.05) is 11.6 Å². The van der Waals surface area contributed by atoms with Gasteiger partial charge >= 0.3 is 6.09 Å². The Hall–Kier alpha value is -1.55. The Morgan fingerprint density at radius 1 is 1.32 bits per heavy atom. The number of hydrogen-bond acceptors (Lipinski definition) is 3. The molecule has 0 atom stereocenters. The number of hydrogen-bond donors (Lipinski definition) is 0. The minimum Gasteiger partial charge on any atom is -0.444 e. The highest BCUT2D eigenvalue weighted by Crippen LogP contribution is 2.14. The molecule has 0 radical (unpaired) electrons. The zero-order valence-corrected chi connectivity index (χ0v) is 12.1. The number of halogens is 1. The minimum absolute atomic E-state index is 0.00244. The summed E-state index contributed by atoms with van der Waals surface area (Å²) in [5.41, 5.74) is 0.301. The molecular formula is C14H18ClNO3. The zero-order valence-electron chi connectivity index (χ0n) is 11.4. The average molecular weight is 284 g/mol. The summed E-state index contributed by atoms with van der Waals surface area (Å²) in [6, 6.07) is 7.10. The van der Waals surface area contributed by atoms with Crippen molar-refractivity contribution in [2.24, 2.45) is 0 Å². The van der Waals surface area contributed by atoms with Gasteiger partial charge in [0.1, 0.15) is 11.9 Å². The number of ether oxygens (including phenoxy) is 1. The van der Waals surface area contributed by atoms with E-state index in [2.05, 4.69) is 0 Å². The summed E-state index contributed by atoms with van der Waals surface area (Å²) in [5, 5.41) is 0.628. The Bertz CT molecular complexity index is 437. The van der Waals surface area contributed by atoms with Crippen molar-refractivity contribution in [1.82, 2.24) is 4.90 Å². The van der Waals surface area contributed by atoms with Crippen LogP contribution in [0.3, 0.4) is 0 Å². The van der Waals surface area contributed by atoms with E-state index in [9.17, 15) is 9.59 Å². The van der Waals surface area contributed by atoms with Crippen molar-refractivity contribution in [2.75, 3.05) is 6.54 Å². The van der Waals surface area contributed by atoms with E-state index in [-0.39, 0.29) is 6.54 Å². The molecule has 0 fully saturated rings. The van der Waals surface area contributed by atoms with Crippen molar-refractivity contribution in [3.05, 3.63) is 34.9 Å². The maximum absolute atomic E-state index is 11.9. The molecule has 0 aliphatic carbocycles. The van der Waals surface area contributed by atoms with E-state index in [0.717, 1.165) is 5.56 Å². The smallest absolute Gasteiger partial charge is 0.410 e. The summed E-state index contributed by atoms with van der Waals surface area (Å²) in [6.07, 6.45) is 0.175. The van der Waals surface area contributed by atoms with Crippen molar-refractivity contribution in [3.8, 4) is 0 Å². The molecule has 1 aromatic rings. The fourth-order valence-electron chi connectivity index (χ4n) is 1.43. The number of nitrogens with zero attached hydrogens (tertiary/aromatic N) is 1. The quantitative estimate of drug-likeness (QED) is 0.797. The van der Waals surface area contributed by atoms with Crippen LogP contribution in [-0.2, 0) is 16.1 Å². The molecule has 0 aromatic heterocycles. The number of benzene rings is 1. The van der Waals surface area contributed by atoms with Crippen molar-refractivity contribution in [1.29, 1.82) is 0 Å². The van der Waals surface area contributed by atoms with Crippen molar-refractivity contribution in [2.45, 2.75) is 32.9 Å². The summed E-state index contributed by atoms with van der Waals surface area (Å²) in [6.45, 7) is 5.66. The standard InChI is InChI=1S/C14H18ClNO3/c1-14(2,3)19-13(18)16(8-9-17)10-11-4-6-12(15)7-5-11/h4-7,9H,8,10H2,1-3H3. The fourth-order valence-corrected chi connectivity index (χ4v) is 1.56. The third kappa shape index (κ3) is 5.75. The minimum atomic E-state index is -0.585. The highest BCUT2D eigenvalue weighted by Gasteiger charge is 2.21. The number of amides is 1. The lowest BCUT2D eigenvalue weighted by Crippen LogP contribution is -2.37. The molecule has 0 N–H and O–H groups in total. The van der Waals surface area contributed by atoms with E-state index in [0.29, 0.717) is 17.9 Å². The van der Waals surface area contributed by atoms with Crippen LogP contribution in [0.1, 0.15) is 26.3 Å². The highest BCUT2D eigenvalue weighted by molar-refractivity contribution is 6.30. The first-order chi connectivity index (χ1) is 8.81. The highest BCUT2D eigenvalue weighted by atomic mass is 35.5. The van der Waals surface area contributed by atoms with Crippen LogP contribution in [0.15, 0.2) is 24.3 Å². The topological polar surface area (TPSA) is 46.6 Å². The number of rotatable bonds is 4. The van der Waals surface area contributed by atoms with Crippen LogP contribution in [0, 0.1) is 0 Å². The lowest BCUT2D eigenvalue weighted by Gasteiger charge is -2.26. The van der Waals surface area contributed by atoms with Gasteiger partial charge in [-0.2, -0.15) is 0 Å². The molecule has 1 rings (SSSR count). The predicted molar refractivity (Wildman–Crippen MR) is 74.2 cm³/mol. The van der Waals surface area contributed by atoms with Crippen molar-refractivity contribution < 1.29 is 14.3 Å². The van der Waals surface area contributed by atoms with Gasteiger partial charge in [-0.1, -0.05) is 23.7 Å². The second kappa shape index (κ2) is 6.57. The fraction of sp³-hybridized carbons (Fsp3) is 0.429. The number of aldehydes is 1. The molecule has 0 bridgehead atoms. The first kappa shape index (κ1) is 15.5. The SMILES string of the molecule is CC(C)(C)OC(=O)N(CC=O)Cc1ccc(Cl)cc1. The van der Waals surface area contributed by atoms with Crippen molar-refractivity contribution in [3.63, 3.8) is 0 Å². The van der Waals surface area contributed by atoms with E-state index in [4.69, 9.17) is 16.3 Å². The lowest BCUT2D eigenvalue weighted by atomic mass is 10.2. The van der Waals surface area contributed by atoms with Crippen LogP contribution in [0.25, 0.3) is 0 Å². The molecule has 0 aliphatic rings. The van der Waals surface area contributed by atoms with Gasteiger partial charge in [-0.3, -0.25) is 4.90 Å². The van der Waals surface area contributed by atoms with Gasteiger partial charge in [0.25, 0.3) is 0 Å². The van der Waals surface area contributed by atoms with Gasteiger partial charge in [-0.05, 0) is 38.5 Å². The Labute approximate surface area is 118 Å². The average Bonchev–Trinajstić information content (AvgIpc) is 2.29. The third-order valence-corrected chi connectivity index (χ3v) is 2.49. The van der Waals surface area contributed by atoms with E-state index < -0.39 is 11.7 Å². The van der Waals surface area contributed by atoms with Gasteiger partial charge in [0.05, 0.1) is 6.54 Å². The molecule has 4 nitrogen and oxygen atoms in total. The van der Waals surface area contributed by atoms with Crippen LogP contribution in [-0.4, -0.2) is 29.4 Å². The third-order valence-electron chi connectivity index (χ3n) is 2.23. The summed E-state index contributed by atoms with van der Waals surface area (Å²) in [5.74, 6) is 0. The normalized spacial score (nSPS) is 10.9. The Kier molecular flexibility index (Phi) is 5.36. The second-order valence-corrected chi connectivity index (χ2v) is 5.59. The molecule has 5 heteroatoms. The first-order valence-electron chi connectivity index (χ1n) is 5.98. The molecule has 0 saturated heterocycles. The van der Waals surface area contributed by atoms with E-state index in [1.165, 1.54) is 4.90 Å². The van der Waals surface area contributed by atoms with Crippen LogP contribution in [0.2, 0.25) is 5.02 Å². The predicted octanol–water partition coefficient (Wildman–Crippen LogP) is 3.28. The maximum Gasteiger partial charge on any atom is 0.410 e. The van der Waals surface area contributed by atoms with E-state index in [1.54, 1.807) is 32.9 Å². The summed E-state index contributed by atoms with van der Waals surface area (Å²) >= 11 is 5.80. The molecule has 104 valence electrons. The van der Waals surface area contributed by atoms with E-state index >= 15 is 0 Å². The van der Waals surface area contributed by atoms with Gasteiger partial charge in [0.2, 0.25) is 0 Å². The molecule has 1 aromatic carbocycles. The Morgan fingerprint density at radius 3 is 2.37 bits per heavy atom. The molecule has 0 unspecified atom stereocenters. The zero-order chi connectivity index (χ0) is 14.5. The van der Waals surface area contributed by atoms with Crippen LogP contribution in [0.4, 0.5) is 4.79 Å². The monoisotopic (exact) mass is 283 g/mol. The number of carbonyl (C=O) groups is 2. The summed E-state index contributed by atoms with van der Waals surface area (Å²) in [4.78, 5) is 23.9.